The molecule has 3 N–H and O–H groups in total. The zero-order valence-electron chi connectivity index (χ0n) is 14.2. The van der Waals surface area contributed by atoms with Crippen molar-refractivity contribution in [3.63, 3.8) is 0 Å². The van der Waals surface area contributed by atoms with Gasteiger partial charge < -0.3 is 15.8 Å². The first kappa shape index (κ1) is 17.1. The van der Waals surface area contributed by atoms with Gasteiger partial charge in [0.2, 0.25) is 0 Å². The third-order valence-corrected chi connectivity index (χ3v) is 4.36. The topological polar surface area (TPSA) is 124 Å². The third kappa shape index (κ3) is 3.54. The first-order valence-corrected chi connectivity index (χ1v) is 8.59. The molecule has 1 aliphatic rings. The lowest BCUT2D eigenvalue weighted by atomic mass is 10.1. The van der Waals surface area contributed by atoms with Gasteiger partial charge in [-0.25, -0.2) is 9.78 Å². The lowest BCUT2D eigenvalue weighted by molar-refractivity contribution is 0.0522. The SMILES string of the molecule is CCOC(=O)c1ncn2c(N)c(C(=O)NC3CCCCCC3)nnc12. The molecular formula is C16H22N6O3. The van der Waals surface area contributed by atoms with Crippen molar-refractivity contribution >= 4 is 23.3 Å². The average Bonchev–Trinajstić information content (AvgIpc) is 2.87. The maximum Gasteiger partial charge on any atom is 0.360 e. The van der Waals surface area contributed by atoms with E-state index in [1.54, 1.807) is 6.92 Å². The zero-order valence-corrected chi connectivity index (χ0v) is 14.2. The van der Waals surface area contributed by atoms with Crippen LogP contribution >= 0.6 is 0 Å². The molecule has 9 nitrogen and oxygen atoms in total. The van der Waals surface area contributed by atoms with E-state index in [1.807, 2.05) is 0 Å². The van der Waals surface area contributed by atoms with Crippen LogP contribution < -0.4 is 11.1 Å². The summed E-state index contributed by atoms with van der Waals surface area (Å²) in [4.78, 5) is 28.4. The number of nitrogens with zero attached hydrogens (tertiary/aromatic N) is 4. The summed E-state index contributed by atoms with van der Waals surface area (Å²) in [5, 5.41) is 10.8. The summed E-state index contributed by atoms with van der Waals surface area (Å²) >= 11 is 0. The van der Waals surface area contributed by atoms with Crippen molar-refractivity contribution in [2.75, 3.05) is 12.3 Å². The largest absolute Gasteiger partial charge is 0.461 e. The number of nitrogens with one attached hydrogen (secondary N) is 1. The summed E-state index contributed by atoms with van der Waals surface area (Å²) in [6.45, 7) is 1.93. The minimum absolute atomic E-state index is 0.0248. The molecule has 0 aliphatic heterocycles. The molecule has 1 amide bonds. The highest BCUT2D eigenvalue weighted by Crippen LogP contribution is 2.19. The minimum atomic E-state index is -0.602. The monoisotopic (exact) mass is 346 g/mol. The summed E-state index contributed by atoms with van der Waals surface area (Å²) < 4.78 is 6.30. The predicted molar refractivity (Wildman–Crippen MR) is 90.1 cm³/mol. The van der Waals surface area contributed by atoms with Crippen LogP contribution in [0.1, 0.15) is 66.4 Å². The quantitative estimate of drug-likeness (QED) is 0.632. The number of carbonyl (C=O) groups is 2. The number of ether oxygens (including phenoxy) is 1. The number of esters is 1. The van der Waals surface area contributed by atoms with Crippen molar-refractivity contribution in [2.45, 2.75) is 51.5 Å². The number of anilines is 1. The van der Waals surface area contributed by atoms with E-state index in [4.69, 9.17) is 10.5 Å². The highest BCUT2D eigenvalue weighted by molar-refractivity contribution is 5.98. The zero-order chi connectivity index (χ0) is 17.8. The van der Waals surface area contributed by atoms with Crippen LogP contribution in [-0.2, 0) is 4.74 Å². The molecule has 0 aromatic carbocycles. The summed E-state index contributed by atoms with van der Waals surface area (Å²) in [6.07, 6.45) is 7.87. The normalized spacial score (nSPS) is 15.7. The van der Waals surface area contributed by atoms with Crippen molar-refractivity contribution < 1.29 is 14.3 Å². The fourth-order valence-electron chi connectivity index (χ4n) is 3.06. The Morgan fingerprint density at radius 3 is 2.64 bits per heavy atom. The minimum Gasteiger partial charge on any atom is -0.461 e. The second kappa shape index (κ2) is 7.45. The maximum absolute atomic E-state index is 12.5. The van der Waals surface area contributed by atoms with Crippen LogP contribution in [-0.4, -0.2) is 44.1 Å². The second-order valence-corrected chi connectivity index (χ2v) is 6.10. The molecule has 0 spiro atoms. The molecule has 2 aromatic rings. The Kier molecular flexibility index (Phi) is 5.11. The van der Waals surface area contributed by atoms with Crippen LogP contribution in [0.4, 0.5) is 5.82 Å². The summed E-state index contributed by atoms with van der Waals surface area (Å²) in [6, 6.07) is 0.129. The van der Waals surface area contributed by atoms with E-state index in [0.717, 1.165) is 25.7 Å². The van der Waals surface area contributed by atoms with Gasteiger partial charge in [-0.1, -0.05) is 25.7 Å². The highest BCUT2D eigenvalue weighted by Gasteiger charge is 2.23. The molecular weight excluding hydrogens is 324 g/mol. The van der Waals surface area contributed by atoms with E-state index < -0.39 is 5.97 Å². The maximum atomic E-state index is 12.5. The van der Waals surface area contributed by atoms with Gasteiger partial charge >= 0.3 is 5.97 Å². The van der Waals surface area contributed by atoms with Crippen molar-refractivity contribution in [1.29, 1.82) is 0 Å². The number of nitrogens with two attached hydrogens (primary N) is 1. The average molecular weight is 346 g/mol. The van der Waals surface area contributed by atoms with Crippen LogP contribution in [0.25, 0.3) is 5.65 Å². The number of hydrogen-bond acceptors (Lipinski definition) is 7. The van der Waals surface area contributed by atoms with Gasteiger partial charge in [-0.3, -0.25) is 9.20 Å². The molecule has 2 aromatic heterocycles. The Bertz CT molecular complexity index is 780. The fraction of sp³-hybridized carbons (Fsp3) is 0.562. The number of hydrogen-bond donors (Lipinski definition) is 2. The number of aromatic nitrogens is 4. The van der Waals surface area contributed by atoms with Crippen LogP contribution in [0.5, 0.6) is 0 Å². The molecule has 0 atom stereocenters. The van der Waals surface area contributed by atoms with Gasteiger partial charge in [0.1, 0.15) is 12.1 Å². The van der Waals surface area contributed by atoms with Gasteiger partial charge in [0.15, 0.2) is 17.0 Å². The first-order chi connectivity index (χ1) is 12.1. The summed E-state index contributed by atoms with van der Waals surface area (Å²) in [5.41, 5.74) is 6.28. The molecule has 0 saturated heterocycles. The molecule has 1 saturated carbocycles. The molecule has 1 fully saturated rings. The smallest absolute Gasteiger partial charge is 0.360 e. The van der Waals surface area contributed by atoms with Gasteiger partial charge in [0.25, 0.3) is 5.91 Å². The number of amides is 1. The van der Waals surface area contributed by atoms with E-state index >= 15 is 0 Å². The predicted octanol–water partition coefficient (Wildman–Crippen LogP) is 1.34. The van der Waals surface area contributed by atoms with Crippen LogP contribution in [0, 0.1) is 0 Å². The summed E-state index contributed by atoms with van der Waals surface area (Å²) in [5.74, 6) is -0.862. The molecule has 9 heteroatoms. The van der Waals surface area contributed by atoms with Gasteiger partial charge in [-0.15, -0.1) is 10.2 Å². The molecule has 25 heavy (non-hydrogen) atoms. The van der Waals surface area contributed by atoms with E-state index in [-0.39, 0.29) is 41.4 Å². The highest BCUT2D eigenvalue weighted by atomic mass is 16.5. The molecule has 0 unspecified atom stereocenters. The number of carbonyl (C=O) groups excluding carboxylic acids is 2. The molecule has 1 aliphatic carbocycles. The third-order valence-electron chi connectivity index (χ3n) is 4.36. The van der Waals surface area contributed by atoms with Gasteiger partial charge in [-0.2, -0.15) is 0 Å². The van der Waals surface area contributed by atoms with E-state index in [1.165, 1.54) is 23.6 Å². The standard InChI is InChI=1S/C16H22N6O3/c1-2-25-16(24)12-14-21-20-11(13(17)22(14)9-18-12)15(23)19-10-7-5-3-4-6-8-10/h9-10H,2-8,17H2,1H3,(H,19,23). The van der Waals surface area contributed by atoms with E-state index in [2.05, 4.69) is 20.5 Å². The molecule has 0 bridgehead atoms. The van der Waals surface area contributed by atoms with Crippen molar-refractivity contribution in [1.82, 2.24) is 24.9 Å². The number of nitrogen functional groups attached to an aromatic ring is 1. The number of fused-ring (bicyclic) bond motifs is 1. The van der Waals surface area contributed by atoms with Crippen LogP contribution in [0.15, 0.2) is 6.33 Å². The van der Waals surface area contributed by atoms with E-state index in [9.17, 15) is 9.59 Å². The Morgan fingerprint density at radius 2 is 1.96 bits per heavy atom. The second-order valence-electron chi connectivity index (χ2n) is 6.10. The van der Waals surface area contributed by atoms with Gasteiger partial charge in [-0.05, 0) is 19.8 Å². The lowest BCUT2D eigenvalue weighted by Gasteiger charge is -2.16. The van der Waals surface area contributed by atoms with Crippen molar-refractivity contribution in [2.24, 2.45) is 0 Å². The van der Waals surface area contributed by atoms with Crippen molar-refractivity contribution in [3.8, 4) is 0 Å². The van der Waals surface area contributed by atoms with Gasteiger partial charge in [0.05, 0.1) is 6.61 Å². The summed E-state index contributed by atoms with van der Waals surface area (Å²) in [7, 11) is 0. The molecule has 2 heterocycles. The number of imidazole rings is 1. The Labute approximate surface area is 145 Å². The van der Waals surface area contributed by atoms with Gasteiger partial charge in [0, 0.05) is 6.04 Å². The van der Waals surface area contributed by atoms with E-state index in [0.29, 0.717) is 0 Å². The van der Waals surface area contributed by atoms with Crippen LogP contribution in [0.2, 0.25) is 0 Å². The number of rotatable bonds is 4. The molecule has 0 radical (unpaired) electrons. The Balaban J connectivity index is 1.83. The fourth-order valence-corrected chi connectivity index (χ4v) is 3.06. The molecule has 134 valence electrons. The molecule has 3 rings (SSSR count). The van der Waals surface area contributed by atoms with Crippen molar-refractivity contribution in [3.05, 3.63) is 17.7 Å². The Morgan fingerprint density at radius 1 is 1.24 bits per heavy atom. The first-order valence-electron chi connectivity index (χ1n) is 8.59. The lowest BCUT2D eigenvalue weighted by Crippen LogP contribution is -2.35. The van der Waals surface area contributed by atoms with Crippen LogP contribution in [0.3, 0.4) is 0 Å². The Hall–Kier alpha value is -2.71.